The number of halogens is 1. The number of aliphatic carboxylic acids is 1. The number of carbonyl (C=O) groups is 2. The van der Waals surface area contributed by atoms with Gasteiger partial charge in [0.1, 0.15) is 5.82 Å². The topological polar surface area (TPSA) is 66.4 Å². The molecule has 1 aromatic carbocycles. The van der Waals surface area contributed by atoms with Crippen LogP contribution in [-0.2, 0) is 15.0 Å². The van der Waals surface area contributed by atoms with E-state index in [2.05, 4.69) is 5.32 Å². The number of hydrogen-bond acceptors (Lipinski definition) is 2. The standard InChI is InChI=1S/C16H20FNO3/c1-16(2,11-4-3-5-12(17)9-11)15(21)18-13-7-6-10(8-13)14(19)20/h3-5,9-10,13H,6-8H2,1-2H3,(H,18,21)(H,19,20). The molecule has 21 heavy (non-hydrogen) atoms. The number of carbonyl (C=O) groups excluding carboxylic acids is 1. The maximum Gasteiger partial charge on any atom is 0.306 e. The van der Waals surface area contributed by atoms with E-state index in [1.54, 1.807) is 26.0 Å². The van der Waals surface area contributed by atoms with Gasteiger partial charge in [0, 0.05) is 6.04 Å². The molecule has 0 aliphatic heterocycles. The summed E-state index contributed by atoms with van der Waals surface area (Å²) in [5, 5.41) is 11.9. The van der Waals surface area contributed by atoms with Crippen molar-refractivity contribution in [2.24, 2.45) is 5.92 Å². The van der Waals surface area contributed by atoms with Crippen LogP contribution in [0.2, 0.25) is 0 Å². The van der Waals surface area contributed by atoms with Crippen molar-refractivity contribution in [2.45, 2.75) is 44.6 Å². The lowest BCUT2D eigenvalue weighted by molar-refractivity contribution is -0.141. The third kappa shape index (κ3) is 3.40. The van der Waals surface area contributed by atoms with Gasteiger partial charge in [-0.3, -0.25) is 9.59 Å². The van der Waals surface area contributed by atoms with Gasteiger partial charge in [-0.15, -0.1) is 0 Å². The predicted octanol–water partition coefficient (Wildman–Crippen LogP) is 2.47. The van der Waals surface area contributed by atoms with Crippen molar-refractivity contribution in [3.8, 4) is 0 Å². The van der Waals surface area contributed by atoms with Gasteiger partial charge >= 0.3 is 5.97 Å². The molecule has 0 bridgehead atoms. The number of carboxylic acids is 1. The molecular formula is C16H20FNO3. The Morgan fingerprint density at radius 2 is 2.05 bits per heavy atom. The Morgan fingerprint density at radius 3 is 2.62 bits per heavy atom. The van der Waals surface area contributed by atoms with Crippen molar-refractivity contribution < 1.29 is 19.1 Å². The fraction of sp³-hybridized carbons (Fsp3) is 0.500. The fourth-order valence-electron chi connectivity index (χ4n) is 2.71. The number of benzene rings is 1. The molecular weight excluding hydrogens is 273 g/mol. The second-order valence-electron chi connectivity index (χ2n) is 6.15. The van der Waals surface area contributed by atoms with Crippen LogP contribution in [0.4, 0.5) is 4.39 Å². The van der Waals surface area contributed by atoms with Crippen LogP contribution in [0.15, 0.2) is 24.3 Å². The maximum absolute atomic E-state index is 13.3. The lowest BCUT2D eigenvalue weighted by Gasteiger charge is -2.26. The Labute approximate surface area is 123 Å². The first-order valence-corrected chi connectivity index (χ1v) is 7.10. The monoisotopic (exact) mass is 293 g/mol. The normalized spacial score (nSPS) is 22.0. The zero-order valence-electron chi connectivity index (χ0n) is 12.2. The van der Waals surface area contributed by atoms with E-state index < -0.39 is 11.4 Å². The van der Waals surface area contributed by atoms with Gasteiger partial charge in [-0.25, -0.2) is 4.39 Å². The second kappa shape index (κ2) is 5.84. The van der Waals surface area contributed by atoms with Gasteiger partial charge in [0.05, 0.1) is 11.3 Å². The molecule has 1 fully saturated rings. The summed E-state index contributed by atoms with van der Waals surface area (Å²) in [7, 11) is 0. The molecule has 114 valence electrons. The van der Waals surface area contributed by atoms with E-state index >= 15 is 0 Å². The molecule has 2 unspecified atom stereocenters. The lowest BCUT2D eigenvalue weighted by atomic mass is 9.83. The van der Waals surface area contributed by atoms with Gasteiger partial charge in [0.2, 0.25) is 5.91 Å². The lowest BCUT2D eigenvalue weighted by Crippen LogP contribution is -2.44. The Bertz CT molecular complexity index is 556. The zero-order valence-corrected chi connectivity index (χ0v) is 12.2. The van der Waals surface area contributed by atoms with E-state index in [1.807, 2.05) is 0 Å². The van der Waals surface area contributed by atoms with Crippen LogP contribution < -0.4 is 5.32 Å². The quantitative estimate of drug-likeness (QED) is 0.896. The second-order valence-corrected chi connectivity index (χ2v) is 6.15. The van der Waals surface area contributed by atoms with Crippen molar-refractivity contribution in [2.75, 3.05) is 0 Å². The molecule has 0 heterocycles. The largest absolute Gasteiger partial charge is 0.481 e. The first kappa shape index (κ1) is 15.5. The Balaban J connectivity index is 2.04. The first-order valence-electron chi connectivity index (χ1n) is 7.10. The molecule has 1 saturated carbocycles. The minimum Gasteiger partial charge on any atom is -0.481 e. The summed E-state index contributed by atoms with van der Waals surface area (Å²) in [4.78, 5) is 23.4. The van der Waals surface area contributed by atoms with E-state index in [4.69, 9.17) is 5.11 Å². The van der Waals surface area contributed by atoms with Gasteiger partial charge in [0.25, 0.3) is 0 Å². The van der Waals surface area contributed by atoms with Gasteiger partial charge in [-0.05, 0) is 50.8 Å². The summed E-state index contributed by atoms with van der Waals surface area (Å²) in [5.41, 5.74) is -0.253. The van der Waals surface area contributed by atoms with Crippen LogP contribution in [-0.4, -0.2) is 23.0 Å². The number of nitrogens with one attached hydrogen (secondary N) is 1. The van der Waals surface area contributed by atoms with Gasteiger partial charge < -0.3 is 10.4 Å². The first-order chi connectivity index (χ1) is 9.80. The van der Waals surface area contributed by atoms with E-state index in [1.165, 1.54) is 12.1 Å². The molecule has 0 saturated heterocycles. The Kier molecular flexibility index (Phi) is 4.30. The summed E-state index contributed by atoms with van der Waals surface area (Å²) in [6.45, 7) is 3.47. The molecule has 1 aliphatic carbocycles. The number of hydrogen-bond donors (Lipinski definition) is 2. The highest BCUT2D eigenvalue weighted by atomic mass is 19.1. The molecule has 1 amide bonds. The summed E-state index contributed by atoms with van der Waals surface area (Å²) >= 11 is 0. The molecule has 0 radical (unpaired) electrons. The van der Waals surface area contributed by atoms with E-state index in [-0.39, 0.29) is 23.7 Å². The van der Waals surface area contributed by atoms with Crippen LogP contribution in [0.25, 0.3) is 0 Å². The van der Waals surface area contributed by atoms with Crippen LogP contribution in [0.3, 0.4) is 0 Å². The smallest absolute Gasteiger partial charge is 0.306 e. The summed E-state index contributed by atoms with van der Waals surface area (Å²) in [6, 6.07) is 5.87. The molecule has 2 atom stereocenters. The van der Waals surface area contributed by atoms with Crippen LogP contribution in [0.5, 0.6) is 0 Å². The maximum atomic E-state index is 13.3. The van der Waals surface area contributed by atoms with Crippen molar-refractivity contribution in [1.29, 1.82) is 0 Å². The van der Waals surface area contributed by atoms with Crippen LogP contribution in [0.1, 0.15) is 38.7 Å². The van der Waals surface area contributed by atoms with Crippen molar-refractivity contribution in [3.63, 3.8) is 0 Å². The molecule has 1 aromatic rings. The van der Waals surface area contributed by atoms with Gasteiger partial charge in [-0.1, -0.05) is 12.1 Å². The number of amides is 1. The Hall–Kier alpha value is -1.91. The molecule has 2 rings (SSSR count). The molecule has 4 nitrogen and oxygen atoms in total. The molecule has 1 aliphatic rings. The Morgan fingerprint density at radius 1 is 1.33 bits per heavy atom. The highest BCUT2D eigenvalue weighted by molar-refractivity contribution is 5.87. The highest BCUT2D eigenvalue weighted by Crippen LogP contribution is 2.28. The van der Waals surface area contributed by atoms with Crippen LogP contribution in [0, 0.1) is 11.7 Å². The van der Waals surface area contributed by atoms with E-state index in [0.29, 0.717) is 24.8 Å². The summed E-state index contributed by atoms with van der Waals surface area (Å²) < 4.78 is 13.3. The summed E-state index contributed by atoms with van der Waals surface area (Å²) in [6.07, 6.45) is 1.71. The van der Waals surface area contributed by atoms with Gasteiger partial charge in [-0.2, -0.15) is 0 Å². The van der Waals surface area contributed by atoms with E-state index in [9.17, 15) is 14.0 Å². The third-order valence-electron chi connectivity index (χ3n) is 4.23. The van der Waals surface area contributed by atoms with E-state index in [0.717, 1.165) is 0 Å². The molecule has 0 aromatic heterocycles. The summed E-state index contributed by atoms with van der Waals surface area (Å²) in [5.74, 6) is -1.77. The average Bonchev–Trinajstić information content (AvgIpc) is 2.87. The number of carboxylic acid groups (broad SMARTS) is 1. The SMILES string of the molecule is CC(C)(C(=O)NC1CCC(C(=O)O)C1)c1cccc(F)c1. The number of rotatable bonds is 4. The third-order valence-corrected chi connectivity index (χ3v) is 4.23. The minimum absolute atomic E-state index is 0.119. The minimum atomic E-state index is -0.858. The van der Waals surface area contributed by atoms with Crippen molar-refractivity contribution in [1.82, 2.24) is 5.32 Å². The highest BCUT2D eigenvalue weighted by Gasteiger charge is 2.35. The average molecular weight is 293 g/mol. The zero-order chi connectivity index (χ0) is 15.6. The molecule has 0 spiro atoms. The van der Waals surface area contributed by atoms with Crippen LogP contribution >= 0.6 is 0 Å². The van der Waals surface area contributed by atoms with Crippen molar-refractivity contribution >= 4 is 11.9 Å². The van der Waals surface area contributed by atoms with Crippen molar-refractivity contribution in [3.05, 3.63) is 35.6 Å². The van der Waals surface area contributed by atoms with Gasteiger partial charge in [0.15, 0.2) is 0 Å². The fourth-order valence-corrected chi connectivity index (χ4v) is 2.71. The predicted molar refractivity (Wildman–Crippen MR) is 76.3 cm³/mol. The molecule has 2 N–H and O–H groups in total. The molecule has 5 heteroatoms.